The molecule has 16 heavy (non-hydrogen) atoms. The van der Waals surface area contributed by atoms with Gasteiger partial charge in [0.2, 0.25) is 0 Å². The van der Waals surface area contributed by atoms with Gasteiger partial charge in [0.05, 0.1) is 23.1 Å². The van der Waals surface area contributed by atoms with Gasteiger partial charge in [-0.15, -0.1) is 0 Å². The van der Waals surface area contributed by atoms with Crippen molar-refractivity contribution in [1.82, 2.24) is 9.88 Å². The molecule has 86 valence electrons. The molecule has 1 fully saturated rings. The van der Waals surface area contributed by atoms with Crippen molar-refractivity contribution in [2.75, 3.05) is 18.8 Å². The summed E-state index contributed by atoms with van der Waals surface area (Å²) < 4.78 is 0. The largest absolute Gasteiger partial charge is 0.397 e. The van der Waals surface area contributed by atoms with Gasteiger partial charge in [0.1, 0.15) is 0 Å². The first-order valence-corrected chi connectivity index (χ1v) is 5.59. The smallest absolute Gasteiger partial charge is 0.255 e. The van der Waals surface area contributed by atoms with Gasteiger partial charge in [0, 0.05) is 13.1 Å². The number of nitrogens with two attached hydrogens (primary N) is 1. The van der Waals surface area contributed by atoms with Gasteiger partial charge in [-0.05, 0) is 25.3 Å². The van der Waals surface area contributed by atoms with Crippen molar-refractivity contribution in [3.05, 3.63) is 23.5 Å². The Balaban J connectivity index is 2.23. The normalized spacial score (nSPS) is 20.1. The standard InChI is InChI=1S/C12H17N3O/c1-8-3-4-15(7-8)12(16)11-5-10(13)6-14-9(11)2/h5-6,8H,3-4,7,13H2,1-2H3. The molecule has 0 bridgehead atoms. The second-order valence-electron chi connectivity index (χ2n) is 4.55. The predicted octanol–water partition coefficient (Wildman–Crippen LogP) is 1.45. The third-order valence-electron chi connectivity index (χ3n) is 3.05. The number of anilines is 1. The molecular formula is C12H17N3O. The van der Waals surface area contributed by atoms with E-state index in [1.54, 1.807) is 12.3 Å². The molecule has 0 aliphatic carbocycles. The first-order valence-electron chi connectivity index (χ1n) is 5.59. The van der Waals surface area contributed by atoms with Crippen molar-refractivity contribution < 1.29 is 4.79 Å². The van der Waals surface area contributed by atoms with Crippen LogP contribution in [-0.2, 0) is 0 Å². The molecule has 0 aromatic carbocycles. The lowest BCUT2D eigenvalue weighted by Gasteiger charge is -2.17. The minimum Gasteiger partial charge on any atom is -0.397 e. The Kier molecular flexibility index (Phi) is 2.81. The molecule has 4 heteroatoms. The second kappa shape index (κ2) is 4.12. The molecule has 1 aliphatic heterocycles. The van der Waals surface area contributed by atoms with E-state index in [2.05, 4.69) is 11.9 Å². The Morgan fingerprint density at radius 2 is 2.38 bits per heavy atom. The Bertz CT molecular complexity index is 417. The van der Waals surface area contributed by atoms with Crippen LogP contribution >= 0.6 is 0 Å². The molecule has 1 atom stereocenters. The molecule has 1 aromatic rings. The van der Waals surface area contributed by atoms with Crippen molar-refractivity contribution in [2.24, 2.45) is 5.92 Å². The highest BCUT2D eigenvalue weighted by Gasteiger charge is 2.25. The van der Waals surface area contributed by atoms with Gasteiger partial charge in [-0.2, -0.15) is 0 Å². The van der Waals surface area contributed by atoms with E-state index in [9.17, 15) is 4.79 Å². The third-order valence-corrected chi connectivity index (χ3v) is 3.05. The van der Waals surface area contributed by atoms with Crippen LogP contribution in [0, 0.1) is 12.8 Å². The number of carbonyl (C=O) groups is 1. The molecule has 2 rings (SSSR count). The average Bonchev–Trinajstić information content (AvgIpc) is 2.67. The lowest BCUT2D eigenvalue weighted by atomic mass is 10.1. The molecule has 1 aromatic heterocycles. The molecule has 0 spiro atoms. The van der Waals surface area contributed by atoms with Crippen LogP contribution in [0.4, 0.5) is 5.69 Å². The Labute approximate surface area is 95.5 Å². The summed E-state index contributed by atoms with van der Waals surface area (Å²) in [6, 6.07) is 1.72. The van der Waals surface area contributed by atoms with Gasteiger partial charge < -0.3 is 10.6 Å². The molecule has 1 unspecified atom stereocenters. The minimum atomic E-state index is 0.0571. The maximum atomic E-state index is 12.2. The van der Waals surface area contributed by atoms with E-state index in [1.165, 1.54) is 0 Å². The molecule has 0 radical (unpaired) electrons. The number of pyridine rings is 1. The number of hydrogen-bond acceptors (Lipinski definition) is 3. The number of amides is 1. The first kappa shape index (κ1) is 10.9. The van der Waals surface area contributed by atoms with Crippen LogP contribution in [0.15, 0.2) is 12.3 Å². The summed E-state index contributed by atoms with van der Waals surface area (Å²) in [6.45, 7) is 5.69. The lowest BCUT2D eigenvalue weighted by molar-refractivity contribution is 0.0787. The molecule has 1 aliphatic rings. The van der Waals surface area contributed by atoms with E-state index >= 15 is 0 Å². The Hall–Kier alpha value is -1.58. The van der Waals surface area contributed by atoms with Gasteiger partial charge in [0.25, 0.3) is 5.91 Å². The van der Waals surface area contributed by atoms with Gasteiger partial charge in [-0.1, -0.05) is 6.92 Å². The monoisotopic (exact) mass is 219 g/mol. The van der Waals surface area contributed by atoms with Gasteiger partial charge in [-0.3, -0.25) is 9.78 Å². The summed E-state index contributed by atoms with van der Waals surface area (Å²) in [5.41, 5.74) is 7.58. The lowest BCUT2D eigenvalue weighted by Crippen LogP contribution is -2.29. The number of aryl methyl sites for hydroxylation is 1. The van der Waals surface area contributed by atoms with Crippen LogP contribution in [0.5, 0.6) is 0 Å². The predicted molar refractivity (Wildman–Crippen MR) is 63.1 cm³/mol. The first-order chi connectivity index (χ1) is 7.58. The molecule has 2 N–H and O–H groups in total. The number of likely N-dealkylation sites (tertiary alicyclic amines) is 1. The van der Waals surface area contributed by atoms with Crippen molar-refractivity contribution in [1.29, 1.82) is 0 Å². The maximum absolute atomic E-state index is 12.2. The van der Waals surface area contributed by atoms with E-state index < -0.39 is 0 Å². The molecule has 1 saturated heterocycles. The summed E-state index contributed by atoms with van der Waals surface area (Å²) >= 11 is 0. The van der Waals surface area contributed by atoms with Crippen molar-refractivity contribution in [2.45, 2.75) is 20.3 Å². The van der Waals surface area contributed by atoms with Gasteiger partial charge >= 0.3 is 0 Å². The third kappa shape index (κ3) is 2.01. The number of rotatable bonds is 1. The number of carbonyl (C=O) groups excluding carboxylic acids is 1. The van der Waals surface area contributed by atoms with Gasteiger partial charge in [-0.25, -0.2) is 0 Å². The zero-order chi connectivity index (χ0) is 11.7. The van der Waals surface area contributed by atoms with E-state index in [0.29, 0.717) is 17.2 Å². The number of nitrogens with zero attached hydrogens (tertiary/aromatic N) is 2. The highest BCUT2D eigenvalue weighted by atomic mass is 16.2. The molecule has 0 saturated carbocycles. The Morgan fingerprint density at radius 3 is 3.00 bits per heavy atom. The topological polar surface area (TPSA) is 59.2 Å². The molecule has 1 amide bonds. The number of aromatic nitrogens is 1. The molecule has 4 nitrogen and oxygen atoms in total. The van der Waals surface area contributed by atoms with E-state index in [1.807, 2.05) is 11.8 Å². The summed E-state index contributed by atoms with van der Waals surface area (Å²) in [5, 5.41) is 0. The summed E-state index contributed by atoms with van der Waals surface area (Å²) in [5.74, 6) is 0.653. The Morgan fingerprint density at radius 1 is 1.62 bits per heavy atom. The van der Waals surface area contributed by atoms with Crippen molar-refractivity contribution in [3.8, 4) is 0 Å². The SMILES string of the molecule is Cc1ncc(N)cc1C(=O)N1CCC(C)C1. The fraction of sp³-hybridized carbons (Fsp3) is 0.500. The number of hydrogen-bond donors (Lipinski definition) is 1. The molecule has 2 heterocycles. The zero-order valence-electron chi connectivity index (χ0n) is 9.73. The van der Waals surface area contributed by atoms with Crippen molar-refractivity contribution in [3.63, 3.8) is 0 Å². The van der Waals surface area contributed by atoms with Crippen LogP contribution < -0.4 is 5.73 Å². The summed E-state index contributed by atoms with van der Waals surface area (Å²) in [6.07, 6.45) is 2.67. The van der Waals surface area contributed by atoms with Crippen LogP contribution in [-0.4, -0.2) is 28.9 Å². The second-order valence-corrected chi connectivity index (χ2v) is 4.55. The average molecular weight is 219 g/mol. The van der Waals surface area contributed by atoms with Crippen molar-refractivity contribution >= 4 is 11.6 Å². The summed E-state index contributed by atoms with van der Waals surface area (Å²) in [4.78, 5) is 18.2. The van der Waals surface area contributed by atoms with Gasteiger partial charge in [0.15, 0.2) is 0 Å². The fourth-order valence-corrected chi connectivity index (χ4v) is 2.06. The van der Waals surface area contributed by atoms with Crippen LogP contribution in [0.25, 0.3) is 0 Å². The highest BCUT2D eigenvalue weighted by Crippen LogP contribution is 2.19. The molecular weight excluding hydrogens is 202 g/mol. The maximum Gasteiger partial charge on any atom is 0.255 e. The fourth-order valence-electron chi connectivity index (χ4n) is 2.06. The zero-order valence-corrected chi connectivity index (χ0v) is 9.73. The quantitative estimate of drug-likeness (QED) is 0.777. The number of nitrogen functional groups attached to an aromatic ring is 1. The minimum absolute atomic E-state index is 0.0571. The van der Waals surface area contributed by atoms with E-state index in [0.717, 1.165) is 25.2 Å². The van der Waals surface area contributed by atoms with Crippen LogP contribution in [0.2, 0.25) is 0 Å². The van der Waals surface area contributed by atoms with E-state index in [4.69, 9.17) is 5.73 Å². The highest BCUT2D eigenvalue weighted by molar-refractivity contribution is 5.96. The van der Waals surface area contributed by atoms with Crippen LogP contribution in [0.3, 0.4) is 0 Å². The van der Waals surface area contributed by atoms with Crippen LogP contribution in [0.1, 0.15) is 29.4 Å². The van der Waals surface area contributed by atoms with E-state index in [-0.39, 0.29) is 5.91 Å². The summed E-state index contributed by atoms with van der Waals surface area (Å²) in [7, 11) is 0.